The lowest BCUT2D eigenvalue weighted by molar-refractivity contribution is -0.130. The second-order valence-corrected chi connectivity index (χ2v) is 9.29. The third kappa shape index (κ3) is 5.31. The van der Waals surface area contributed by atoms with E-state index in [1.165, 1.54) is 0 Å². The third-order valence-corrected chi connectivity index (χ3v) is 5.66. The Labute approximate surface area is 173 Å². The largest absolute Gasteiger partial charge is 0.454 e. The van der Waals surface area contributed by atoms with E-state index >= 15 is 0 Å². The van der Waals surface area contributed by atoms with Gasteiger partial charge in [0.05, 0.1) is 0 Å². The molecule has 1 aromatic carbocycles. The zero-order valence-corrected chi connectivity index (χ0v) is 18.1. The molecule has 1 atom stereocenters. The lowest BCUT2D eigenvalue weighted by Gasteiger charge is -2.35. The van der Waals surface area contributed by atoms with E-state index in [-0.39, 0.29) is 18.1 Å². The third-order valence-electron chi connectivity index (χ3n) is 5.31. The molecule has 1 unspecified atom stereocenters. The first-order chi connectivity index (χ1) is 13.2. The highest BCUT2D eigenvalue weighted by Crippen LogP contribution is 2.36. The van der Waals surface area contributed by atoms with Crippen molar-refractivity contribution in [3.63, 3.8) is 0 Å². The molecule has 1 aromatic rings. The van der Waals surface area contributed by atoms with Crippen LogP contribution < -0.4 is 14.8 Å². The van der Waals surface area contributed by atoms with Gasteiger partial charge in [-0.25, -0.2) is 0 Å². The Kier molecular flexibility index (Phi) is 6.73. The first-order valence-electron chi connectivity index (χ1n) is 9.98. The maximum absolute atomic E-state index is 12.4. The van der Waals surface area contributed by atoms with E-state index in [9.17, 15) is 4.79 Å². The molecular weight excluding hydrogens is 378 g/mol. The molecule has 0 radical (unpaired) electrons. The molecule has 1 amide bonds. The molecule has 2 heterocycles. The van der Waals surface area contributed by atoms with Gasteiger partial charge < -0.3 is 24.6 Å². The minimum atomic E-state index is 0.0786. The van der Waals surface area contributed by atoms with Crippen LogP contribution in [0.1, 0.15) is 38.7 Å². The summed E-state index contributed by atoms with van der Waals surface area (Å²) in [6.45, 7) is 7.99. The van der Waals surface area contributed by atoms with Crippen molar-refractivity contribution >= 4 is 17.5 Å². The fourth-order valence-corrected chi connectivity index (χ4v) is 4.48. The number of hydrogen-bond donors (Lipinski definition) is 1. The fourth-order valence-electron chi connectivity index (χ4n) is 4.26. The number of nitrogens with zero attached hydrogens (tertiary/aromatic N) is 2. The zero-order chi connectivity index (χ0) is 20.3. The number of hydrogen-bond acceptors (Lipinski definition) is 5. The van der Waals surface area contributed by atoms with Gasteiger partial charge in [0.15, 0.2) is 11.5 Å². The molecular formula is C21H32ClN3O3. The maximum Gasteiger partial charge on any atom is 0.231 e. The van der Waals surface area contributed by atoms with Crippen LogP contribution in [-0.2, 0) is 11.3 Å². The Hall–Kier alpha value is -1.50. The zero-order valence-electron chi connectivity index (χ0n) is 17.4. The lowest BCUT2D eigenvalue weighted by atomic mass is 9.91. The normalized spacial score (nSPS) is 19.1. The van der Waals surface area contributed by atoms with Gasteiger partial charge in [-0.2, -0.15) is 0 Å². The summed E-state index contributed by atoms with van der Waals surface area (Å²) < 4.78 is 10.8. The number of fused-ring (bicyclic) bond motifs is 1. The van der Waals surface area contributed by atoms with Gasteiger partial charge in [-0.1, -0.05) is 25.4 Å². The molecule has 2 aliphatic rings. The molecule has 0 spiro atoms. The molecule has 28 heavy (non-hydrogen) atoms. The van der Waals surface area contributed by atoms with Crippen LogP contribution in [0.4, 0.5) is 0 Å². The summed E-state index contributed by atoms with van der Waals surface area (Å²) in [5.74, 6) is 1.74. The van der Waals surface area contributed by atoms with Crippen LogP contribution in [-0.4, -0.2) is 62.3 Å². The quantitative estimate of drug-likeness (QED) is 0.635. The Morgan fingerprint density at radius 1 is 1.29 bits per heavy atom. The highest BCUT2D eigenvalue weighted by molar-refractivity contribution is 6.31. The van der Waals surface area contributed by atoms with E-state index in [4.69, 9.17) is 21.1 Å². The number of carbonyl (C=O) groups is 1. The first kappa shape index (κ1) is 21.2. The topological polar surface area (TPSA) is 54.0 Å². The van der Waals surface area contributed by atoms with Crippen LogP contribution in [0.5, 0.6) is 11.5 Å². The molecule has 3 rings (SSSR count). The molecule has 6 nitrogen and oxygen atoms in total. The van der Waals surface area contributed by atoms with E-state index in [2.05, 4.69) is 43.1 Å². The van der Waals surface area contributed by atoms with Crippen molar-refractivity contribution in [1.29, 1.82) is 0 Å². The van der Waals surface area contributed by atoms with E-state index in [0.717, 1.165) is 43.8 Å². The van der Waals surface area contributed by atoms with Crippen LogP contribution in [0.3, 0.4) is 0 Å². The Balaban J connectivity index is 1.49. The summed E-state index contributed by atoms with van der Waals surface area (Å²) in [5, 5.41) is 4.14. The Morgan fingerprint density at radius 2 is 2.00 bits per heavy atom. The van der Waals surface area contributed by atoms with E-state index in [0.29, 0.717) is 29.8 Å². The number of ether oxygens (including phenoxy) is 2. The predicted octanol–water partition coefficient (Wildman–Crippen LogP) is 3.13. The number of carbonyl (C=O) groups excluding carboxylic acids is 1. The Bertz CT molecular complexity index is 708. The summed E-state index contributed by atoms with van der Waals surface area (Å²) >= 11 is 6.34. The molecule has 0 saturated carbocycles. The smallest absolute Gasteiger partial charge is 0.231 e. The number of halogens is 1. The highest BCUT2D eigenvalue weighted by atomic mass is 35.5. The summed E-state index contributed by atoms with van der Waals surface area (Å²) in [5.41, 5.74) is 1.08. The molecule has 7 heteroatoms. The second kappa shape index (κ2) is 8.89. The monoisotopic (exact) mass is 409 g/mol. The van der Waals surface area contributed by atoms with Crippen molar-refractivity contribution in [2.24, 2.45) is 5.41 Å². The summed E-state index contributed by atoms with van der Waals surface area (Å²) in [7, 11) is 4.16. The maximum atomic E-state index is 12.4. The molecule has 0 aliphatic carbocycles. The standard InChI is InChI=1S/C21H32ClN3O3/c1-21(2,12-24(3)4)13-25-16(5-6-20(25)26)7-8-23-11-15-9-18-19(10-17(15)22)28-14-27-18/h9-10,16,23H,5-8,11-14H2,1-4H3. The lowest BCUT2D eigenvalue weighted by Crippen LogP contribution is -2.44. The fraction of sp³-hybridized carbons (Fsp3) is 0.667. The molecule has 156 valence electrons. The number of benzene rings is 1. The van der Waals surface area contributed by atoms with Gasteiger partial charge in [0.25, 0.3) is 0 Å². The summed E-state index contributed by atoms with van der Waals surface area (Å²) in [6.07, 6.45) is 2.56. The van der Waals surface area contributed by atoms with E-state index in [1.807, 2.05) is 12.1 Å². The van der Waals surface area contributed by atoms with E-state index in [1.54, 1.807) is 0 Å². The van der Waals surface area contributed by atoms with Crippen molar-refractivity contribution in [2.75, 3.05) is 40.5 Å². The van der Waals surface area contributed by atoms with Gasteiger partial charge in [-0.15, -0.1) is 0 Å². The van der Waals surface area contributed by atoms with Crippen LogP contribution >= 0.6 is 11.6 Å². The molecule has 2 aliphatic heterocycles. The summed E-state index contributed by atoms with van der Waals surface area (Å²) in [4.78, 5) is 16.7. The van der Waals surface area contributed by atoms with Crippen molar-refractivity contribution in [2.45, 2.75) is 45.7 Å². The Morgan fingerprint density at radius 3 is 2.71 bits per heavy atom. The molecule has 0 aromatic heterocycles. The van der Waals surface area contributed by atoms with Crippen molar-refractivity contribution in [3.05, 3.63) is 22.7 Å². The van der Waals surface area contributed by atoms with Gasteiger partial charge >= 0.3 is 0 Å². The minimum absolute atomic E-state index is 0.0786. The van der Waals surface area contributed by atoms with Crippen LogP contribution in [0.15, 0.2) is 12.1 Å². The van der Waals surface area contributed by atoms with Gasteiger partial charge in [0, 0.05) is 43.2 Å². The SMILES string of the molecule is CN(C)CC(C)(C)CN1C(=O)CCC1CCNCc1cc2c(cc1Cl)OCO2. The highest BCUT2D eigenvalue weighted by Gasteiger charge is 2.34. The molecule has 1 N–H and O–H groups in total. The van der Waals surface area contributed by atoms with Crippen molar-refractivity contribution < 1.29 is 14.3 Å². The van der Waals surface area contributed by atoms with Crippen molar-refractivity contribution in [1.82, 2.24) is 15.1 Å². The predicted molar refractivity (Wildman–Crippen MR) is 111 cm³/mol. The van der Waals surface area contributed by atoms with Gasteiger partial charge in [0.1, 0.15) is 0 Å². The molecule has 1 fully saturated rings. The average Bonchev–Trinajstić information content (AvgIpc) is 3.17. The van der Waals surface area contributed by atoms with Crippen molar-refractivity contribution in [3.8, 4) is 11.5 Å². The molecule has 0 bridgehead atoms. The van der Waals surface area contributed by atoms with Crippen LogP contribution in [0, 0.1) is 5.41 Å². The molecule has 1 saturated heterocycles. The van der Waals surface area contributed by atoms with Gasteiger partial charge in [0.2, 0.25) is 12.7 Å². The number of nitrogens with one attached hydrogen (secondary N) is 1. The number of likely N-dealkylation sites (tertiary alicyclic amines) is 1. The van der Waals surface area contributed by atoms with E-state index < -0.39 is 0 Å². The van der Waals surface area contributed by atoms with Crippen LogP contribution in [0.25, 0.3) is 0 Å². The number of rotatable bonds is 9. The average molecular weight is 410 g/mol. The van der Waals surface area contributed by atoms with Gasteiger partial charge in [-0.3, -0.25) is 4.79 Å². The second-order valence-electron chi connectivity index (χ2n) is 8.88. The van der Waals surface area contributed by atoms with Crippen LogP contribution in [0.2, 0.25) is 5.02 Å². The summed E-state index contributed by atoms with van der Waals surface area (Å²) in [6, 6.07) is 4.06. The first-order valence-corrected chi connectivity index (χ1v) is 10.4. The minimum Gasteiger partial charge on any atom is -0.454 e. The number of amides is 1. The van der Waals surface area contributed by atoms with Gasteiger partial charge in [-0.05, 0) is 50.5 Å².